The molecular formula is C11H19NO3. The van der Waals surface area contributed by atoms with Gasteiger partial charge in [-0.1, -0.05) is 0 Å². The molecular weight excluding hydrogens is 194 g/mol. The molecule has 4 heteroatoms. The first-order chi connectivity index (χ1) is 6.92. The van der Waals surface area contributed by atoms with Gasteiger partial charge in [0.2, 0.25) is 0 Å². The number of nitrogens with zero attached hydrogens (tertiary/aromatic N) is 1. The lowest BCUT2D eigenvalue weighted by Crippen LogP contribution is -2.35. The summed E-state index contributed by atoms with van der Waals surface area (Å²) in [6.07, 6.45) is 2.09. The monoisotopic (exact) mass is 213 g/mol. The zero-order valence-corrected chi connectivity index (χ0v) is 9.66. The number of hydrogen-bond donors (Lipinski definition) is 0. The van der Waals surface area contributed by atoms with Gasteiger partial charge in [-0.3, -0.25) is 0 Å². The lowest BCUT2D eigenvalue weighted by atomic mass is 10.1. The fraction of sp³-hybridized carbons (Fsp3) is 0.818. The van der Waals surface area contributed by atoms with Crippen molar-refractivity contribution < 1.29 is 14.3 Å². The Hall–Kier alpha value is -1.06. The molecule has 1 aliphatic rings. The zero-order chi connectivity index (χ0) is 11.5. The average Bonchev–Trinajstić information content (AvgIpc) is 2.50. The van der Waals surface area contributed by atoms with E-state index in [1.807, 2.05) is 20.8 Å². The zero-order valence-electron chi connectivity index (χ0n) is 9.66. The number of carbonyl (C=O) groups excluding carboxylic acids is 2. The number of carbonyl (C=O) groups is 2. The third kappa shape index (κ3) is 3.90. The maximum atomic E-state index is 11.6. The van der Waals surface area contributed by atoms with E-state index in [0.717, 1.165) is 12.7 Å². The van der Waals surface area contributed by atoms with E-state index in [1.165, 1.54) is 0 Å². The summed E-state index contributed by atoms with van der Waals surface area (Å²) in [5.74, 6) is 0.315. The van der Waals surface area contributed by atoms with E-state index in [2.05, 4.69) is 0 Å². The van der Waals surface area contributed by atoms with Crippen molar-refractivity contribution in [1.29, 1.82) is 0 Å². The minimum atomic E-state index is -0.445. The molecule has 1 fully saturated rings. The summed E-state index contributed by atoms with van der Waals surface area (Å²) in [5.41, 5.74) is -0.445. The van der Waals surface area contributed by atoms with Crippen molar-refractivity contribution in [2.24, 2.45) is 5.92 Å². The molecule has 0 saturated carbocycles. The Morgan fingerprint density at radius 3 is 2.73 bits per heavy atom. The van der Waals surface area contributed by atoms with Crippen LogP contribution in [0.5, 0.6) is 0 Å². The van der Waals surface area contributed by atoms with Crippen molar-refractivity contribution in [2.75, 3.05) is 13.1 Å². The van der Waals surface area contributed by atoms with Crippen LogP contribution in [-0.2, 0) is 9.53 Å². The molecule has 15 heavy (non-hydrogen) atoms. The maximum absolute atomic E-state index is 11.6. The molecule has 0 aliphatic carbocycles. The van der Waals surface area contributed by atoms with Gasteiger partial charge in [-0.15, -0.1) is 0 Å². The molecule has 1 heterocycles. The van der Waals surface area contributed by atoms with Crippen LogP contribution in [0.25, 0.3) is 0 Å². The van der Waals surface area contributed by atoms with E-state index in [-0.39, 0.29) is 6.09 Å². The molecule has 0 bridgehead atoms. The van der Waals surface area contributed by atoms with Crippen LogP contribution in [-0.4, -0.2) is 36.0 Å². The van der Waals surface area contributed by atoms with Crippen LogP contribution in [0.15, 0.2) is 0 Å². The van der Waals surface area contributed by atoms with Crippen LogP contribution in [0.4, 0.5) is 4.79 Å². The summed E-state index contributed by atoms with van der Waals surface area (Å²) in [5, 5.41) is 0. The summed E-state index contributed by atoms with van der Waals surface area (Å²) < 4.78 is 5.25. The lowest BCUT2D eigenvalue weighted by Gasteiger charge is -2.24. The van der Waals surface area contributed by atoms with Crippen LogP contribution < -0.4 is 0 Å². The lowest BCUT2D eigenvalue weighted by molar-refractivity contribution is -0.108. The Labute approximate surface area is 90.6 Å². The molecule has 0 N–H and O–H groups in total. The molecule has 1 amide bonds. The molecule has 1 rings (SSSR count). The summed E-state index contributed by atoms with van der Waals surface area (Å²) in [4.78, 5) is 23.6. The van der Waals surface area contributed by atoms with Gasteiger partial charge in [-0.25, -0.2) is 4.79 Å². The maximum Gasteiger partial charge on any atom is 0.410 e. The highest BCUT2D eigenvalue weighted by Gasteiger charge is 2.29. The van der Waals surface area contributed by atoms with Crippen LogP contribution in [0.1, 0.15) is 33.6 Å². The van der Waals surface area contributed by atoms with E-state index in [4.69, 9.17) is 4.74 Å². The SMILES string of the molecule is CC(C)(C)OC(=O)N1CCC(CC=O)C1. The fourth-order valence-electron chi connectivity index (χ4n) is 1.65. The smallest absolute Gasteiger partial charge is 0.410 e. The van der Waals surface area contributed by atoms with Gasteiger partial charge in [0.25, 0.3) is 0 Å². The molecule has 1 saturated heterocycles. The van der Waals surface area contributed by atoms with Gasteiger partial charge >= 0.3 is 6.09 Å². The second-order valence-corrected chi connectivity index (χ2v) is 4.98. The molecule has 1 unspecified atom stereocenters. The highest BCUT2D eigenvalue weighted by Crippen LogP contribution is 2.20. The summed E-state index contributed by atoms with van der Waals surface area (Å²) in [6.45, 7) is 6.90. The van der Waals surface area contributed by atoms with Crippen molar-refractivity contribution >= 4 is 12.4 Å². The molecule has 1 aliphatic heterocycles. The molecule has 0 spiro atoms. The molecule has 0 radical (unpaired) electrons. The minimum absolute atomic E-state index is 0.268. The molecule has 0 aromatic carbocycles. The second-order valence-electron chi connectivity index (χ2n) is 4.98. The van der Waals surface area contributed by atoms with Crippen molar-refractivity contribution in [1.82, 2.24) is 4.90 Å². The predicted octanol–water partition coefficient (Wildman–Crippen LogP) is 1.83. The normalized spacial score (nSPS) is 21.5. The predicted molar refractivity (Wildman–Crippen MR) is 56.6 cm³/mol. The highest BCUT2D eigenvalue weighted by atomic mass is 16.6. The van der Waals surface area contributed by atoms with Crippen molar-refractivity contribution in [2.45, 2.75) is 39.2 Å². The number of hydrogen-bond acceptors (Lipinski definition) is 3. The topological polar surface area (TPSA) is 46.6 Å². The number of rotatable bonds is 2. The van der Waals surface area contributed by atoms with Crippen LogP contribution in [0, 0.1) is 5.92 Å². The number of ether oxygens (including phenoxy) is 1. The third-order valence-corrected chi connectivity index (χ3v) is 2.37. The molecule has 86 valence electrons. The van der Waals surface area contributed by atoms with Crippen LogP contribution in [0.2, 0.25) is 0 Å². The van der Waals surface area contributed by atoms with Gasteiger partial charge in [0, 0.05) is 19.5 Å². The molecule has 0 aromatic rings. The standard InChI is InChI=1S/C11H19NO3/c1-11(2,3)15-10(14)12-6-4-9(8-12)5-7-13/h7,9H,4-6,8H2,1-3H3. The van der Waals surface area contributed by atoms with Crippen molar-refractivity contribution in [3.8, 4) is 0 Å². The summed E-state index contributed by atoms with van der Waals surface area (Å²) >= 11 is 0. The van der Waals surface area contributed by atoms with Crippen molar-refractivity contribution in [3.05, 3.63) is 0 Å². The highest BCUT2D eigenvalue weighted by molar-refractivity contribution is 5.68. The van der Waals surface area contributed by atoms with E-state index < -0.39 is 5.60 Å². The van der Waals surface area contributed by atoms with E-state index in [0.29, 0.717) is 25.4 Å². The molecule has 1 atom stereocenters. The van der Waals surface area contributed by atoms with Gasteiger partial charge in [-0.2, -0.15) is 0 Å². The molecule has 4 nitrogen and oxygen atoms in total. The minimum Gasteiger partial charge on any atom is -0.444 e. The van der Waals surface area contributed by atoms with Crippen LogP contribution in [0.3, 0.4) is 0 Å². The van der Waals surface area contributed by atoms with Gasteiger partial charge < -0.3 is 14.4 Å². The Balaban J connectivity index is 2.40. The largest absolute Gasteiger partial charge is 0.444 e. The van der Waals surface area contributed by atoms with Gasteiger partial charge in [0.15, 0.2) is 0 Å². The number of amides is 1. The Kier molecular flexibility index (Phi) is 3.72. The van der Waals surface area contributed by atoms with E-state index in [1.54, 1.807) is 4.90 Å². The van der Waals surface area contributed by atoms with Gasteiger partial charge in [0.1, 0.15) is 11.9 Å². The Bertz CT molecular complexity index is 245. The fourth-order valence-corrected chi connectivity index (χ4v) is 1.65. The first kappa shape index (κ1) is 12.0. The first-order valence-electron chi connectivity index (χ1n) is 5.34. The number of aldehydes is 1. The van der Waals surface area contributed by atoms with Gasteiger partial charge in [0.05, 0.1) is 0 Å². The summed E-state index contributed by atoms with van der Waals surface area (Å²) in [6, 6.07) is 0. The van der Waals surface area contributed by atoms with E-state index >= 15 is 0 Å². The summed E-state index contributed by atoms with van der Waals surface area (Å²) in [7, 11) is 0. The third-order valence-electron chi connectivity index (χ3n) is 2.37. The van der Waals surface area contributed by atoms with Crippen molar-refractivity contribution in [3.63, 3.8) is 0 Å². The second kappa shape index (κ2) is 4.64. The quantitative estimate of drug-likeness (QED) is 0.657. The number of likely N-dealkylation sites (tertiary alicyclic amines) is 1. The Morgan fingerprint density at radius 1 is 1.53 bits per heavy atom. The van der Waals surface area contributed by atoms with E-state index in [9.17, 15) is 9.59 Å². The van der Waals surface area contributed by atoms with Gasteiger partial charge in [-0.05, 0) is 33.1 Å². The Morgan fingerprint density at radius 2 is 2.20 bits per heavy atom. The first-order valence-corrected chi connectivity index (χ1v) is 5.34. The molecule has 0 aromatic heterocycles. The average molecular weight is 213 g/mol. The van der Waals surface area contributed by atoms with Crippen LogP contribution >= 0.6 is 0 Å².